The van der Waals surface area contributed by atoms with Gasteiger partial charge in [0.05, 0.1) is 38.2 Å². The minimum atomic E-state index is -0.103. The number of hydrogen-bond acceptors (Lipinski definition) is 7. The summed E-state index contributed by atoms with van der Waals surface area (Å²) in [5.74, 6) is 1.25. The molecule has 0 spiro atoms. The molecule has 0 fully saturated rings. The van der Waals surface area contributed by atoms with Gasteiger partial charge in [0.1, 0.15) is 11.0 Å². The number of aromatic nitrogens is 2. The second-order valence-corrected chi connectivity index (χ2v) is 6.38. The topological polar surface area (TPSA) is 76.6 Å². The van der Waals surface area contributed by atoms with Crippen LogP contribution in [0.4, 0.5) is 5.69 Å². The molecule has 1 N–H and O–H groups in total. The van der Waals surface area contributed by atoms with E-state index in [0.29, 0.717) is 29.2 Å². The summed E-state index contributed by atoms with van der Waals surface area (Å²) in [6.45, 7) is 0.860. The van der Waals surface area contributed by atoms with Crippen LogP contribution >= 0.6 is 11.7 Å². The number of methoxy groups -OCH3 is 2. The normalized spacial score (nSPS) is 10.9. The Morgan fingerprint density at radius 2 is 1.96 bits per heavy atom. The molecule has 136 valence electrons. The fraction of sp³-hybridized carbons (Fsp3) is 0.278. The van der Waals surface area contributed by atoms with Gasteiger partial charge in [0.15, 0.2) is 11.5 Å². The lowest BCUT2D eigenvalue weighted by Gasteiger charge is -2.17. The number of likely N-dealkylation sites (N-methyl/N-ethyl adjacent to an activating group) is 1. The van der Waals surface area contributed by atoms with Crippen molar-refractivity contribution in [1.82, 2.24) is 13.6 Å². The van der Waals surface area contributed by atoms with E-state index in [0.717, 1.165) is 22.8 Å². The average molecular weight is 372 g/mol. The molecule has 8 heteroatoms. The fourth-order valence-corrected chi connectivity index (χ4v) is 3.24. The Bertz CT molecular complexity index is 912. The van der Waals surface area contributed by atoms with Crippen LogP contribution in [0.1, 0.15) is 5.56 Å². The molecule has 0 bridgehead atoms. The Morgan fingerprint density at radius 1 is 1.15 bits per heavy atom. The van der Waals surface area contributed by atoms with Crippen LogP contribution in [-0.2, 0) is 11.3 Å². The summed E-state index contributed by atoms with van der Waals surface area (Å²) in [7, 11) is 5.10. The van der Waals surface area contributed by atoms with E-state index in [1.165, 1.54) is 0 Å². The Hall–Kier alpha value is -2.71. The Kier molecular flexibility index (Phi) is 5.65. The molecule has 7 nitrogen and oxygen atoms in total. The molecule has 1 aromatic heterocycles. The summed E-state index contributed by atoms with van der Waals surface area (Å²) >= 11 is 1.13. The summed E-state index contributed by atoms with van der Waals surface area (Å²) < 4.78 is 19.0. The molecule has 1 heterocycles. The third-order valence-electron chi connectivity index (χ3n) is 3.87. The highest BCUT2D eigenvalue weighted by atomic mass is 32.1. The maximum Gasteiger partial charge on any atom is 0.238 e. The van der Waals surface area contributed by atoms with Gasteiger partial charge in [-0.3, -0.25) is 9.69 Å². The third kappa shape index (κ3) is 4.09. The van der Waals surface area contributed by atoms with Gasteiger partial charge in [-0.05, 0) is 36.9 Å². The predicted octanol–water partition coefficient (Wildman–Crippen LogP) is 2.78. The van der Waals surface area contributed by atoms with E-state index in [2.05, 4.69) is 14.1 Å². The number of ether oxygens (including phenoxy) is 2. The van der Waals surface area contributed by atoms with Crippen molar-refractivity contribution in [3.05, 3.63) is 42.0 Å². The SMILES string of the molecule is COc1ccc(CN(C)CC(=O)Nc2cccc3nsnc23)cc1OC. The van der Waals surface area contributed by atoms with Crippen LogP contribution in [0.25, 0.3) is 11.0 Å². The first-order valence-electron chi connectivity index (χ1n) is 8.01. The van der Waals surface area contributed by atoms with Crippen molar-refractivity contribution < 1.29 is 14.3 Å². The van der Waals surface area contributed by atoms with Gasteiger partial charge in [-0.1, -0.05) is 12.1 Å². The number of nitrogens with one attached hydrogen (secondary N) is 1. The minimum Gasteiger partial charge on any atom is -0.493 e. The molecule has 0 unspecified atom stereocenters. The highest BCUT2D eigenvalue weighted by Crippen LogP contribution is 2.28. The van der Waals surface area contributed by atoms with Crippen molar-refractivity contribution in [2.75, 3.05) is 33.1 Å². The smallest absolute Gasteiger partial charge is 0.238 e. The van der Waals surface area contributed by atoms with Crippen LogP contribution < -0.4 is 14.8 Å². The first-order chi connectivity index (χ1) is 12.6. The number of fused-ring (bicyclic) bond motifs is 1. The summed E-state index contributed by atoms with van der Waals surface area (Å²) in [5, 5.41) is 2.91. The van der Waals surface area contributed by atoms with Gasteiger partial charge in [-0.2, -0.15) is 8.75 Å². The molecule has 0 saturated carbocycles. The second kappa shape index (κ2) is 8.11. The van der Waals surface area contributed by atoms with Crippen LogP contribution in [0.5, 0.6) is 11.5 Å². The standard InChI is InChI=1S/C18H20N4O3S/c1-22(10-12-7-8-15(24-2)16(9-12)25-3)11-17(23)19-13-5-4-6-14-18(13)21-26-20-14/h4-9H,10-11H2,1-3H3,(H,19,23). The highest BCUT2D eigenvalue weighted by Gasteiger charge is 2.12. The predicted molar refractivity (Wildman–Crippen MR) is 102 cm³/mol. The van der Waals surface area contributed by atoms with Crippen molar-refractivity contribution in [3.8, 4) is 11.5 Å². The summed E-state index contributed by atoms with van der Waals surface area (Å²) in [6.07, 6.45) is 0. The lowest BCUT2D eigenvalue weighted by molar-refractivity contribution is -0.117. The Morgan fingerprint density at radius 3 is 2.73 bits per heavy atom. The number of nitrogens with zero attached hydrogens (tertiary/aromatic N) is 3. The van der Waals surface area contributed by atoms with Crippen LogP contribution in [0.2, 0.25) is 0 Å². The molecule has 0 atom stereocenters. The van der Waals surface area contributed by atoms with Gasteiger partial charge in [0.2, 0.25) is 5.91 Å². The molecule has 26 heavy (non-hydrogen) atoms. The van der Waals surface area contributed by atoms with E-state index in [1.807, 2.05) is 48.3 Å². The number of hydrogen-bond donors (Lipinski definition) is 1. The molecule has 3 rings (SSSR count). The van der Waals surface area contributed by atoms with Crippen molar-refractivity contribution in [2.24, 2.45) is 0 Å². The first-order valence-corrected chi connectivity index (χ1v) is 8.74. The average Bonchev–Trinajstić information content (AvgIpc) is 3.11. The van der Waals surface area contributed by atoms with Gasteiger partial charge in [0, 0.05) is 6.54 Å². The Labute approximate surface area is 155 Å². The molecule has 1 amide bonds. The largest absolute Gasteiger partial charge is 0.493 e. The van der Waals surface area contributed by atoms with Gasteiger partial charge in [-0.15, -0.1) is 0 Å². The molecular formula is C18H20N4O3S. The van der Waals surface area contributed by atoms with E-state index in [-0.39, 0.29) is 12.5 Å². The van der Waals surface area contributed by atoms with E-state index in [1.54, 1.807) is 14.2 Å². The van der Waals surface area contributed by atoms with Gasteiger partial charge < -0.3 is 14.8 Å². The number of carbonyl (C=O) groups is 1. The molecule has 2 aromatic carbocycles. The van der Waals surface area contributed by atoms with Gasteiger partial charge in [-0.25, -0.2) is 0 Å². The molecule has 3 aromatic rings. The third-order valence-corrected chi connectivity index (χ3v) is 4.42. The van der Waals surface area contributed by atoms with Crippen molar-refractivity contribution >= 4 is 34.4 Å². The Balaban J connectivity index is 1.62. The maximum absolute atomic E-state index is 12.4. The first kappa shape index (κ1) is 18.1. The summed E-state index contributed by atoms with van der Waals surface area (Å²) in [4.78, 5) is 14.3. The molecule has 0 aliphatic carbocycles. The molecule has 0 aliphatic rings. The van der Waals surface area contributed by atoms with E-state index >= 15 is 0 Å². The highest BCUT2D eigenvalue weighted by molar-refractivity contribution is 7.00. The maximum atomic E-state index is 12.4. The molecule has 0 radical (unpaired) electrons. The monoisotopic (exact) mass is 372 g/mol. The number of rotatable bonds is 7. The minimum absolute atomic E-state index is 0.103. The van der Waals surface area contributed by atoms with Crippen LogP contribution in [0.15, 0.2) is 36.4 Å². The quantitative estimate of drug-likeness (QED) is 0.687. The zero-order valence-corrected chi connectivity index (χ0v) is 15.7. The van der Waals surface area contributed by atoms with Crippen molar-refractivity contribution in [1.29, 1.82) is 0 Å². The molecule has 0 saturated heterocycles. The lowest BCUT2D eigenvalue weighted by atomic mass is 10.2. The summed E-state index contributed by atoms with van der Waals surface area (Å²) in [5.41, 5.74) is 3.21. The van der Waals surface area contributed by atoms with Crippen LogP contribution in [-0.4, -0.2) is 47.4 Å². The zero-order chi connectivity index (χ0) is 18.5. The number of carbonyl (C=O) groups excluding carboxylic acids is 1. The van der Waals surface area contributed by atoms with Crippen LogP contribution in [0, 0.1) is 0 Å². The number of benzene rings is 2. The molecule has 0 aliphatic heterocycles. The van der Waals surface area contributed by atoms with Crippen LogP contribution in [0.3, 0.4) is 0 Å². The van der Waals surface area contributed by atoms with E-state index in [4.69, 9.17) is 9.47 Å². The number of anilines is 1. The molecular weight excluding hydrogens is 352 g/mol. The van der Waals surface area contributed by atoms with Crippen molar-refractivity contribution in [2.45, 2.75) is 6.54 Å². The zero-order valence-electron chi connectivity index (χ0n) is 14.9. The lowest BCUT2D eigenvalue weighted by Crippen LogP contribution is -2.29. The fourth-order valence-electron chi connectivity index (χ4n) is 2.69. The van der Waals surface area contributed by atoms with E-state index in [9.17, 15) is 4.79 Å². The number of amides is 1. The van der Waals surface area contributed by atoms with E-state index < -0.39 is 0 Å². The second-order valence-electron chi connectivity index (χ2n) is 5.85. The van der Waals surface area contributed by atoms with Gasteiger partial charge in [0.25, 0.3) is 0 Å². The summed E-state index contributed by atoms with van der Waals surface area (Å²) in [6, 6.07) is 11.3. The van der Waals surface area contributed by atoms with Gasteiger partial charge >= 0.3 is 0 Å². The van der Waals surface area contributed by atoms with Crippen molar-refractivity contribution in [3.63, 3.8) is 0 Å².